The molecule has 1 aliphatic heterocycles. The third-order valence-electron chi connectivity index (χ3n) is 4.59. The summed E-state index contributed by atoms with van der Waals surface area (Å²) in [5.41, 5.74) is 2.45. The molecule has 1 heterocycles. The van der Waals surface area contributed by atoms with Gasteiger partial charge in [0.15, 0.2) is 0 Å². The molecule has 0 atom stereocenters. The van der Waals surface area contributed by atoms with Gasteiger partial charge in [0.25, 0.3) is 5.91 Å². The first-order valence-corrected chi connectivity index (χ1v) is 9.28. The summed E-state index contributed by atoms with van der Waals surface area (Å²) in [7, 11) is 0. The molecule has 0 bridgehead atoms. The second-order valence-corrected chi connectivity index (χ2v) is 6.57. The number of nitrogens with zero attached hydrogens (tertiary/aromatic N) is 2. The Morgan fingerprint density at radius 3 is 2.48 bits per heavy atom. The molecular weight excluding hydrogens is 342 g/mol. The highest BCUT2D eigenvalue weighted by atomic mass is 16.3. The Labute approximate surface area is 159 Å². The molecule has 0 spiro atoms. The van der Waals surface area contributed by atoms with E-state index >= 15 is 0 Å². The standard InChI is InChI=1S/C21H25N3O3/c25-15-4-12-22-20(26)18-8-10-19(11-9-18)24-14-5-13-23(21(24)27)16-17-6-2-1-3-7-17/h1-3,6-11,25H,4-5,12-16H2,(H,22,26). The van der Waals surface area contributed by atoms with Crippen LogP contribution in [0.25, 0.3) is 0 Å². The maximum Gasteiger partial charge on any atom is 0.324 e. The number of carbonyl (C=O) groups excluding carboxylic acids is 2. The minimum Gasteiger partial charge on any atom is -0.396 e. The van der Waals surface area contributed by atoms with Crippen molar-refractivity contribution in [3.63, 3.8) is 0 Å². The van der Waals surface area contributed by atoms with Crippen LogP contribution in [0.2, 0.25) is 0 Å². The lowest BCUT2D eigenvalue weighted by Crippen LogP contribution is -2.49. The second kappa shape index (κ2) is 9.19. The Kier molecular flexibility index (Phi) is 6.44. The quantitative estimate of drug-likeness (QED) is 0.739. The Morgan fingerprint density at radius 2 is 1.78 bits per heavy atom. The zero-order chi connectivity index (χ0) is 19.1. The lowest BCUT2D eigenvalue weighted by molar-refractivity contribution is 0.0951. The van der Waals surface area contributed by atoms with Crippen LogP contribution in [0.15, 0.2) is 54.6 Å². The van der Waals surface area contributed by atoms with E-state index in [1.165, 1.54) is 0 Å². The molecule has 0 unspecified atom stereocenters. The lowest BCUT2D eigenvalue weighted by atomic mass is 10.1. The summed E-state index contributed by atoms with van der Waals surface area (Å²) in [6.07, 6.45) is 1.44. The van der Waals surface area contributed by atoms with Crippen LogP contribution in [-0.2, 0) is 6.54 Å². The molecule has 2 aromatic carbocycles. The van der Waals surface area contributed by atoms with Gasteiger partial charge in [-0.05, 0) is 42.7 Å². The number of aliphatic hydroxyl groups is 1. The number of hydrogen-bond acceptors (Lipinski definition) is 3. The molecule has 0 aromatic heterocycles. The molecule has 0 radical (unpaired) electrons. The van der Waals surface area contributed by atoms with Crippen LogP contribution in [0.1, 0.15) is 28.8 Å². The van der Waals surface area contributed by atoms with Gasteiger partial charge < -0.3 is 15.3 Å². The first-order valence-electron chi connectivity index (χ1n) is 9.28. The SMILES string of the molecule is O=C(NCCCO)c1ccc(N2CCCN(Cc3ccccc3)C2=O)cc1. The summed E-state index contributed by atoms with van der Waals surface area (Å²) in [5.74, 6) is -0.175. The molecule has 1 fully saturated rings. The Bertz CT molecular complexity index is 762. The highest BCUT2D eigenvalue weighted by Gasteiger charge is 2.26. The molecule has 3 amide bonds. The van der Waals surface area contributed by atoms with Crippen LogP contribution < -0.4 is 10.2 Å². The van der Waals surface area contributed by atoms with E-state index in [1.807, 2.05) is 47.4 Å². The average Bonchev–Trinajstić information content (AvgIpc) is 2.71. The lowest BCUT2D eigenvalue weighted by Gasteiger charge is -2.35. The maximum atomic E-state index is 12.9. The predicted molar refractivity (Wildman–Crippen MR) is 105 cm³/mol. The molecule has 3 rings (SSSR count). The smallest absolute Gasteiger partial charge is 0.324 e. The van der Waals surface area contributed by atoms with Crippen LogP contribution >= 0.6 is 0 Å². The molecule has 142 valence electrons. The third-order valence-corrected chi connectivity index (χ3v) is 4.59. The van der Waals surface area contributed by atoms with Crippen LogP contribution in [0.4, 0.5) is 10.5 Å². The van der Waals surface area contributed by atoms with Gasteiger partial charge in [0, 0.05) is 44.0 Å². The molecule has 2 aromatic rings. The largest absolute Gasteiger partial charge is 0.396 e. The van der Waals surface area contributed by atoms with E-state index < -0.39 is 0 Å². The maximum absolute atomic E-state index is 12.9. The molecule has 27 heavy (non-hydrogen) atoms. The zero-order valence-corrected chi connectivity index (χ0v) is 15.3. The van der Waals surface area contributed by atoms with Gasteiger partial charge >= 0.3 is 6.03 Å². The molecular formula is C21H25N3O3. The number of benzene rings is 2. The van der Waals surface area contributed by atoms with Crippen LogP contribution in [-0.4, -0.2) is 48.2 Å². The minimum atomic E-state index is -0.175. The fourth-order valence-corrected chi connectivity index (χ4v) is 3.15. The Morgan fingerprint density at radius 1 is 1.04 bits per heavy atom. The summed E-state index contributed by atoms with van der Waals surface area (Å²) < 4.78 is 0. The van der Waals surface area contributed by atoms with Crippen LogP contribution in [0.5, 0.6) is 0 Å². The highest BCUT2D eigenvalue weighted by molar-refractivity contribution is 5.96. The van der Waals surface area contributed by atoms with Crippen molar-refractivity contribution >= 4 is 17.6 Å². The van der Waals surface area contributed by atoms with Crippen molar-refractivity contribution in [1.29, 1.82) is 0 Å². The van der Waals surface area contributed by atoms with Gasteiger partial charge in [-0.3, -0.25) is 9.69 Å². The molecule has 1 aliphatic rings. The number of amides is 3. The van der Waals surface area contributed by atoms with E-state index in [4.69, 9.17) is 5.11 Å². The summed E-state index contributed by atoms with van der Waals surface area (Å²) in [4.78, 5) is 28.5. The first kappa shape index (κ1) is 18.9. The molecule has 2 N–H and O–H groups in total. The van der Waals surface area contributed by atoms with Gasteiger partial charge in [-0.2, -0.15) is 0 Å². The third kappa shape index (κ3) is 4.86. The van der Waals surface area contributed by atoms with E-state index in [0.717, 1.165) is 24.2 Å². The van der Waals surface area contributed by atoms with Gasteiger partial charge in [0.1, 0.15) is 0 Å². The number of carbonyl (C=O) groups is 2. The van der Waals surface area contributed by atoms with Crippen LogP contribution in [0.3, 0.4) is 0 Å². The molecule has 1 saturated heterocycles. The summed E-state index contributed by atoms with van der Waals surface area (Å²) in [5, 5.41) is 11.5. The van der Waals surface area contributed by atoms with Crippen molar-refractivity contribution in [3.05, 3.63) is 65.7 Å². The monoisotopic (exact) mass is 367 g/mol. The normalized spacial score (nSPS) is 14.3. The van der Waals surface area contributed by atoms with Crippen molar-refractivity contribution < 1.29 is 14.7 Å². The van der Waals surface area contributed by atoms with Crippen molar-refractivity contribution in [2.75, 3.05) is 31.1 Å². The van der Waals surface area contributed by atoms with E-state index in [2.05, 4.69) is 5.32 Å². The number of anilines is 1. The van der Waals surface area contributed by atoms with Gasteiger partial charge in [-0.15, -0.1) is 0 Å². The minimum absolute atomic E-state index is 0.00903. The highest BCUT2D eigenvalue weighted by Crippen LogP contribution is 2.22. The van der Waals surface area contributed by atoms with Crippen molar-refractivity contribution in [1.82, 2.24) is 10.2 Å². The van der Waals surface area contributed by atoms with Gasteiger partial charge in [0.2, 0.25) is 0 Å². The van der Waals surface area contributed by atoms with Gasteiger partial charge in [0.05, 0.1) is 0 Å². The molecule has 0 saturated carbocycles. The fourth-order valence-electron chi connectivity index (χ4n) is 3.15. The van der Waals surface area contributed by atoms with E-state index in [1.54, 1.807) is 17.0 Å². The number of urea groups is 1. The van der Waals surface area contributed by atoms with E-state index in [-0.39, 0.29) is 18.5 Å². The topological polar surface area (TPSA) is 72.9 Å². The number of hydrogen-bond donors (Lipinski definition) is 2. The number of nitrogens with one attached hydrogen (secondary N) is 1. The first-order chi connectivity index (χ1) is 13.2. The van der Waals surface area contributed by atoms with Crippen LogP contribution in [0, 0.1) is 0 Å². The Balaban J connectivity index is 1.64. The summed E-state index contributed by atoms with van der Waals surface area (Å²) >= 11 is 0. The predicted octanol–water partition coefficient (Wildman–Crippen LogP) is 2.63. The van der Waals surface area contributed by atoms with Gasteiger partial charge in [-0.1, -0.05) is 30.3 Å². The number of rotatable bonds is 7. The van der Waals surface area contributed by atoms with E-state index in [0.29, 0.717) is 31.6 Å². The van der Waals surface area contributed by atoms with Crippen molar-refractivity contribution in [2.24, 2.45) is 0 Å². The number of aliphatic hydroxyl groups excluding tert-OH is 1. The Hall–Kier alpha value is -2.86. The average molecular weight is 367 g/mol. The summed E-state index contributed by atoms with van der Waals surface area (Å²) in [6.45, 7) is 2.51. The second-order valence-electron chi connectivity index (χ2n) is 6.57. The summed E-state index contributed by atoms with van der Waals surface area (Å²) in [6, 6.07) is 17.0. The molecule has 6 nitrogen and oxygen atoms in total. The van der Waals surface area contributed by atoms with Crippen molar-refractivity contribution in [2.45, 2.75) is 19.4 Å². The van der Waals surface area contributed by atoms with Gasteiger partial charge in [-0.25, -0.2) is 4.79 Å². The molecule has 0 aliphatic carbocycles. The van der Waals surface area contributed by atoms with Crippen molar-refractivity contribution in [3.8, 4) is 0 Å². The fraction of sp³-hybridized carbons (Fsp3) is 0.333. The van der Waals surface area contributed by atoms with E-state index in [9.17, 15) is 9.59 Å². The zero-order valence-electron chi connectivity index (χ0n) is 15.3. The molecule has 6 heteroatoms.